The first-order valence-corrected chi connectivity index (χ1v) is 6.66. The highest BCUT2D eigenvalue weighted by Crippen LogP contribution is 2.47. The van der Waals surface area contributed by atoms with Crippen molar-refractivity contribution in [2.75, 3.05) is 0 Å². The molecular weight excluding hydrogens is 212 g/mol. The molecule has 0 spiro atoms. The van der Waals surface area contributed by atoms with E-state index >= 15 is 0 Å². The Morgan fingerprint density at radius 2 is 2.00 bits per heavy atom. The Bertz CT molecular complexity index is 427. The molecule has 3 rings (SSSR count). The van der Waals surface area contributed by atoms with E-state index in [-0.39, 0.29) is 6.10 Å². The van der Waals surface area contributed by atoms with Gasteiger partial charge in [0.25, 0.3) is 0 Å². The van der Waals surface area contributed by atoms with Gasteiger partial charge in [-0.3, -0.25) is 0 Å². The van der Waals surface area contributed by atoms with Gasteiger partial charge in [-0.05, 0) is 66.7 Å². The first-order chi connectivity index (χ1) is 8.16. The zero-order valence-electron chi connectivity index (χ0n) is 10.3. The molecule has 1 aromatic carbocycles. The largest absolute Gasteiger partial charge is 0.508 e. The number of aliphatic hydroxyl groups excluding tert-OH is 1. The third kappa shape index (κ3) is 1.75. The monoisotopic (exact) mass is 232 g/mol. The quantitative estimate of drug-likeness (QED) is 0.722. The molecule has 0 bridgehead atoms. The molecule has 0 radical (unpaired) electrons. The molecule has 1 aromatic rings. The maximum atomic E-state index is 10.3. The Hall–Kier alpha value is -1.02. The molecule has 1 saturated carbocycles. The van der Waals surface area contributed by atoms with Crippen molar-refractivity contribution in [3.05, 3.63) is 29.3 Å². The molecule has 0 amide bonds. The van der Waals surface area contributed by atoms with E-state index in [1.54, 1.807) is 6.07 Å². The van der Waals surface area contributed by atoms with Gasteiger partial charge in [0.15, 0.2) is 0 Å². The van der Waals surface area contributed by atoms with Crippen molar-refractivity contribution in [2.24, 2.45) is 11.8 Å². The van der Waals surface area contributed by atoms with Crippen LogP contribution in [0.2, 0.25) is 0 Å². The molecule has 0 aromatic heterocycles. The van der Waals surface area contributed by atoms with Gasteiger partial charge in [0.2, 0.25) is 0 Å². The molecule has 0 aliphatic heterocycles. The van der Waals surface area contributed by atoms with E-state index in [4.69, 9.17) is 0 Å². The van der Waals surface area contributed by atoms with Crippen LogP contribution in [0.25, 0.3) is 0 Å². The summed E-state index contributed by atoms with van der Waals surface area (Å²) in [7, 11) is 0. The molecule has 2 heteroatoms. The minimum Gasteiger partial charge on any atom is -0.508 e. The van der Waals surface area contributed by atoms with Crippen LogP contribution >= 0.6 is 0 Å². The van der Waals surface area contributed by atoms with E-state index in [1.165, 1.54) is 17.5 Å². The van der Waals surface area contributed by atoms with Crippen LogP contribution in [0.4, 0.5) is 0 Å². The SMILES string of the molecule is C[C@@H]1CC[C@@H]2c3ccc(O)cc3CC[C@H]2[C@H]1O. The minimum atomic E-state index is -0.143. The van der Waals surface area contributed by atoms with Crippen molar-refractivity contribution >= 4 is 0 Å². The number of rotatable bonds is 0. The van der Waals surface area contributed by atoms with Gasteiger partial charge in [-0.2, -0.15) is 0 Å². The van der Waals surface area contributed by atoms with Crippen molar-refractivity contribution in [2.45, 2.75) is 44.6 Å². The lowest BCUT2D eigenvalue weighted by Gasteiger charge is -2.43. The Balaban J connectivity index is 1.97. The number of fused-ring (bicyclic) bond motifs is 3. The van der Waals surface area contributed by atoms with Crippen LogP contribution in [-0.4, -0.2) is 16.3 Å². The van der Waals surface area contributed by atoms with Gasteiger partial charge in [0.05, 0.1) is 6.10 Å². The first kappa shape index (κ1) is 11.1. The second-order valence-corrected chi connectivity index (χ2v) is 5.74. The van der Waals surface area contributed by atoms with Crippen LogP contribution in [0.15, 0.2) is 18.2 Å². The average molecular weight is 232 g/mol. The summed E-state index contributed by atoms with van der Waals surface area (Å²) in [6, 6.07) is 5.74. The van der Waals surface area contributed by atoms with Crippen molar-refractivity contribution in [3.63, 3.8) is 0 Å². The Labute approximate surface area is 102 Å². The normalized spacial score (nSPS) is 36.1. The fraction of sp³-hybridized carbons (Fsp3) is 0.600. The summed E-state index contributed by atoms with van der Waals surface area (Å²) >= 11 is 0. The van der Waals surface area contributed by atoms with Gasteiger partial charge in [0, 0.05) is 0 Å². The summed E-state index contributed by atoms with van der Waals surface area (Å²) in [6.07, 6.45) is 4.21. The number of aliphatic hydroxyl groups is 1. The van der Waals surface area contributed by atoms with Crippen LogP contribution in [0.1, 0.15) is 43.2 Å². The number of phenols is 1. The standard InChI is InChI=1S/C15H20O2/c1-9-2-5-13-12-7-4-11(16)8-10(12)3-6-14(13)15(9)17/h4,7-9,13-17H,2-3,5-6H2,1H3/t9-,13-,14-,15+/m1/s1. The summed E-state index contributed by atoms with van der Waals surface area (Å²) in [5.74, 6) is 1.74. The van der Waals surface area contributed by atoms with Crippen molar-refractivity contribution in [3.8, 4) is 5.75 Å². The minimum absolute atomic E-state index is 0.143. The highest BCUT2D eigenvalue weighted by atomic mass is 16.3. The summed E-state index contributed by atoms with van der Waals surface area (Å²) in [5, 5.41) is 19.8. The summed E-state index contributed by atoms with van der Waals surface area (Å²) < 4.78 is 0. The third-order valence-electron chi connectivity index (χ3n) is 4.74. The van der Waals surface area contributed by atoms with Crippen molar-refractivity contribution < 1.29 is 10.2 Å². The average Bonchev–Trinajstić information content (AvgIpc) is 2.33. The number of aryl methyl sites for hydroxylation is 1. The summed E-state index contributed by atoms with van der Waals surface area (Å²) in [5.41, 5.74) is 2.65. The molecule has 0 unspecified atom stereocenters. The molecule has 2 aliphatic carbocycles. The molecule has 2 N–H and O–H groups in total. The predicted molar refractivity (Wildman–Crippen MR) is 67.1 cm³/mol. The Morgan fingerprint density at radius 1 is 1.18 bits per heavy atom. The molecule has 0 heterocycles. The zero-order chi connectivity index (χ0) is 12.0. The summed E-state index contributed by atoms with van der Waals surface area (Å²) in [4.78, 5) is 0. The number of hydrogen-bond donors (Lipinski definition) is 2. The van der Waals surface area contributed by atoms with Crippen molar-refractivity contribution in [1.29, 1.82) is 0 Å². The zero-order valence-corrected chi connectivity index (χ0v) is 10.3. The maximum absolute atomic E-state index is 10.3. The van der Waals surface area contributed by atoms with Gasteiger partial charge in [0.1, 0.15) is 5.75 Å². The first-order valence-electron chi connectivity index (χ1n) is 6.66. The topological polar surface area (TPSA) is 40.5 Å². The number of aromatic hydroxyl groups is 1. The second kappa shape index (κ2) is 4.02. The van der Waals surface area contributed by atoms with E-state index in [0.717, 1.165) is 19.3 Å². The molecule has 17 heavy (non-hydrogen) atoms. The van der Waals surface area contributed by atoms with Gasteiger partial charge in [-0.25, -0.2) is 0 Å². The number of benzene rings is 1. The van der Waals surface area contributed by atoms with Crippen LogP contribution in [0.3, 0.4) is 0 Å². The summed E-state index contributed by atoms with van der Waals surface area (Å²) in [6.45, 7) is 2.16. The fourth-order valence-electron chi connectivity index (χ4n) is 3.74. The van der Waals surface area contributed by atoms with Crippen LogP contribution in [-0.2, 0) is 6.42 Å². The van der Waals surface area contributed by atoms with Gasteiger partial charge in [-0.1, -0.05) is 13.0 Å². The molecule has 2 aliphatic rings. The van der Waals surface area contributed by atoms with Crippen LogP contribution in [0, 0.1) is 11.8 Å². The van der Waals surface area contributed by atoms with E-state index in [2.05, 4.69) is 13.0 Å². The molecule has 4 atom stereocenters. The molecule has 0 saturated heterocycles. The van der Waals surface area contributed by atoms with Crippen LogP contribution in [0.5, 0.6) is 5.75 Å². The second-order valence-electron chi connectivity index (χ2n) is 5.74. The fourth-order valence-corrected chi connectivity index (χ4v) is 3.74. The lowest BCUT2D eigenvalue weighted by Crippen LogP contribution is -2.39. The maximum Gasteiger partial charge on any atom is 0.115 e. The molecular formula is C15H20O2. The van der Waals surface area contributed by atoms with E-state index < -0.39 is 0 Å². The highest BCUT2D eigenvalue weighted by Gasteiger charge is 2.39. The number of hydrogen-bond acceptors (Lipinski definition) is 2. The number of phenolic OH excluding ortho intramolecular Hbond substituents is 1. The Kier molecular flexibility index (Phi) is 2.62. The molecule has 1 fully saturated rings. The smallest absolute Gasteiger partial charge is 0.115 e. The van der Waals surface area contributed by atoms with Gasteiger partial charge in [-0.15, -0.1) is 0 Å². The van der Waals surface area contributed by atoms with E-state index in [0.29, 0.717) is 23.5 Å². The van der Waals surface area contributed by atoms with Gasteiger partial charge < -0.3 is 10.2 Å². The third-order valence-corrected chi connectivity index (χ3v) is 4.74. The Morgan fingerprint density at radius 3 is 2.82 bits per heavy atom. The molecule has 2 nitrogen and oxygen atoms in total. The lowest BCUT2D eigenvalue weighted by molar-refractivity contribution is 0.00536. The lowest BCUT2D eigenvalue weighted by atomic mass is 9.64. The van der Waals surface area contributed by atoms with Gasteiger partial charge >= 0.3 is 0 Å². The predicted octanol–water partition coefficient (Wildman–Crippen LogP) is 2.83. The molecule has 92 valence electrons. The van der Waals surface area contributed by atoms with Crippen LogP contribution < -0.4 is 0 Å². The highest BCUT2D eigenvalue weighted by molar-refractivity contribution is 5.39. The van der Waals surface area contributed by atoms with E-state index in [9.17, 15) is 10.2 Å². The van der Waals surface area contributed by atoms with E-state index in [1.807, 2.05) is 6.07 Å². The van der Waals surface area contributed by atoms with Crippen molar-refractivity contribution in [1.82, 2.24) is 0 Å².